The van der Waals surface area contributed by atoms with Crippen LogP contribution in [0.5, 0.6) is 0 Å². The van der Waals surface area contributed by atoms with E-state index in [-0.39, 0.29) is 5.25 Å². The molecule has 0 aromatic rings. The topological polar surface area (TPSA) is 72.2 Å². The Morgan fingerprint density at radius 3 is 2.33 bits per heavy atom. The predicted octanol–water partition coefficient (Wildman–Crippen LogP) is 0.976. The number of sulfonamides is 1. The highest BCUT2D eigenvalue weighted by Crippen LogP contribution is 2.25. The van der Waals surface area contributed by atoms with Gasteiger partial charge in [-0.3, -0.25) is 0 Å². The molecular formula is C10H22N2O2S. The maximum absolute atomic E-state index is 12.0. The van der Waals surface area contributed by atoms with Gasteiger partial charge in [0.15, 0.2) is 0 Å². The second-order valence-electron chi connectivity index (χ2n) is 4.67. The average molecular weight is 234 g/mol. The van der Waals surface area contributed by atoms with E-state index in [1.165, 1.54) is 0 Å². The number of nitrogens with two attached hydrogens (primary N) is 1. The molecule has 4 nitrogen and oxygen atoms in total. The summed E-state index contributed by atoms with van der Waals surface area (Å²) in [6.07, 6.45) is 4.35. The van der Waals surface area contributed by atoms with Crippen molar-refractivity contribution in [1.82, 2.24) is 4.72 Å². The second kappa shape index (κ2) is 4.80. The summed E-state index contributed by atoms with van der Waals surface area (Å²) in [4.78, 5) is 0. The molecule has 1 unspecified atom stereocenters. The van der Waals surface area contributed by atoms with Gasteiger partial charge < -0.3 is 5.73 Å². The smallest absolute Gasteiger partial charge is 0.215 e. The van der Waals surface area contributed by atoms with Gasteiger partial charge in [0, 0.05) is 12.1 Å². The van der Waals surface area contributed by atoms with Crippen LogP contribution < -0.4 is 10.5 Å². The summed E-state index contributed by atoms with van der Waals surface area (Å²) in [6.45, 7) is 4.15. The molecule has 5 heteroatoms. The minimum Gasteiger partial charge on any atom is -0.329 e. The van der Waals surface area contributed by atoms with Gasteiger partial charge in [-0.1, -0.05) is 19.8 Å². The van der Waals surface area contributed by atoms with Crippen LogP contribution in [0.2, 0.25) is 0 Å². The lowest BCUT2D eigenvalue weighted by Crippen LogP contribution is -2.53. The number of rotatable bonds is 5. The van der Waals surface area contributed by atoms with E-state index in [0.29, 0.717) is 6.54 Å². The summed E-state index contributed by atoms with van der Waals surface area (Å²) in [6, 6.07) is 0. The summed E-state index contributed by atoms with van der Waals surface area (Å²) in [5.74, 6) is 0. The van der Waals surface area contributed by atoms with Crippen LogP contribution in [0.4, 0.5) is 0 Å². The monoisotopic (exact) mass is 234 g/mol. The minimum atomic E-state index is -3.17. The molecule has 0 saturated heterocycles. The van der Waals surface area contributed by atoms with Crippen LogP contribution in [0, 0.1) is 0 Å². The van der Waals surface area contributed by atoms with Crippen molar-refractivity contribution in [2.45, 2.75) is 56.7 Å². The Bertz CT molecular complexity index is 291. The average Bonchev–Trinajstić information content (AvgIpc) is 2.70. The van der Waals surface area contributed by atoms with Crippen molar-refractivity contribution in [3.8, 4) is 0 Å². The molecule has 15 heavy (non-hydrogen) atoms. The van der Waals surface area contributed by atoms with Crippen molar-refractivity contribution in [1.29, 1.82) is 0 Å². The Balaban J connectivity index is 2.70. The maximum Gasteiger partial charge on any atom is 0.215 e. The van der Waals surface area contributed by atoms with E-state index in [1.54, 1.807) is 0 Å². The number of hydrogen-bond donors (Lipinski definition) is 2. The van der Waals surface area contributed by atoms with Gasteiger partial charge in [0.05, 0.1) is 5.25 Å². The molecule has 0 radical (unpaired) electrons. The largest absolute Gasteiger partial charge is 0.329 e. The Kier molecular flexibility index (Phi) is 4.14. The van der Waals surface area contributed by atoms with Gasteiger partial charge in [-0.25, -0.2) is 13.1 Å². The van der Waals surface area contributed by atoms with Gasteiger partial charge >= 0.3 is 0 Å². The third-order valence-corrected chi connectivity index (χ3v) is 5.49. The van der Waals surface area contributed by atoms with Crippen LogP contribution in [0.15, 0.2) is 0 Å². The van der Waals surface area contributed by atoms with E-state index in [9.17, 15) is 8.42 Å². The standard InChI is InChI=1S/C10H22N2O2S/c1-3-10(2,8-11)12-15(13,14)9-6-4-5-7-9/h9,12H,3-8,11H2,1-2H3. The zero-order chi connectivity index (χ0) is 11.5. The highest BCUT2D eigenvalue weighted by Gasteiger charge is 2.34. The molecule has 0 aromatic heterocycles. The molecule has 0 heterocycles. The number of nitrogens with one attached hydrogen (secondary N) is 1. The lowest BCUT2D eigenvalue weighted by atomic mass is 10.0. The van der Waals surface area contributed by atoms with E-state index < -0.39 is 15.6 Å². The lowest BCUT2D eigenvalue weighted by Gasteiger charge is -2.29. The highest BCUT2D eigenvalue weighted by molar-refractivity contribution is 7.90. The fourth-order valence-electron chi connectivity index (χ4n) is 1.88. The molecule has 90 valence electrons. The van der Waals surface area contributed by atoms with Gasteiger partial charge in [0.25, 0.3) is 0 Å². The molecule has 0 aliphatic heterocycles. The quantitative estimate of drug-likeness (QED) is 0.744. The summed E-state index contributed by atoms with van der Waals surface area (Å²) < 4.78 is 26.8. The maximum atomic E-state index is 12.0. The van der Waals surface area contributed by atoms with Gasteiger partial charge in [-0.05, 0) is 26.2 Å². The van der Waals surface area contributed by atoms with E-state index in [0.717, 1.165) is 32.1 Å². The zero-order valence-electron chi connectivity index (χ0n) is 9.62. The van der Waals surface area contributed by atoms with Crippen LogP contribution >= 0.6 is 0 Å². The molecule has 0 bridgehead atoms. The Labute approximate surface area is 92.7 Å². The molecule has 1 fully saturated rings. The van der Waals surface area contributed by atoms with Crippen molar-refractivity contribution < 1.29 is 8.42 Å². The summed E-state index contributed by atoms with van der Waals surface area (Å²) in [5, 5.41) is -0.199. The van der Waals surface area contributed by atoms with Crippen molar-refractivity contribution in [2.24, 2.45) is 5.73 Å². The third kappa shape index (κ3) is 3.16. The van der Waals surface area contributed by atoms with Crippen molar-refractivity contribution in [2.75, 3.05) is 6.54 Å². The van der Waals surface area contributed by atoms with Crippen LogP contribution in [-0.4, -0.2) is 25.8 Å². The molecule has 0 spiro atoms. The summed E-state index contributed by atoms with van der Waals surface area (Å²) in [7, 11) is -3.17. The minimum absolute atomic E-state index is 0.199. The molecule has 0 amide bonds. The van der Waals surface area contributed by atoms with Crippen molar-refractivity contribution in [3.05, 3.63) is 0 Å². The normalized spacial score (nSPS) is 22.9. The van der Waals surface area contributed by atoms with Gasteiger partial charge in [-0.15, -0.1) is 0 Å². The molecule has 0 aromatic carbocycles. The molecule has 1 aliphatic carbocycles. The third-order valence-electron chi connectivity index (χ3n) is 3.36. The van der Waals surface area contributed by atoms with E-state index in [1.807, 2.05) is 13.8 Å². The molecule has 1 aliphatic rings. The van der Waals surface area contributed by atoms with Crippen molar-refractivity contribution >= 4 is 10.0 Å². The van der Waals surface area contributed by atoms with Crippen LogP contribution in [0.25, 0.3) is 0 Å². The van der Waals surface area contributed by atoms with Crippen molar-refractivity contribution in [3.63, 3.8) is 0 Å². The molecule has 1 rings (SSSR count). The van der Waals surface area contributed by atoms with Gasteiger partial charge in [0.2, 0.25) is 10.0 Å². The first-order valence-electron chi connectivity index (χ1n) is 5.66. The zero-order valence-corrected chi connectivity index (χ0v) is 10.4. The van der Waals surface area contributed by atoms with Gasteiger partial charge in [-0.2, -0.15) is 0 Å². The second-order valence-corrected chi connectivity index (χ2v) is 6.63. The molecule has 3 N–H and O–H groups in total. The lowest BCUT2D eigenvalue weighted by molar-refractivity contribution is 0.408. The Morgan fingerprint density at radius 1 is 1.40 bits per heavy atom. The first kappa shape index (κ1) is 12.9. The van der Waals surface area contributed by atoms with Gasteiger partial charge in [0.1, 0.15) is 0 Å². The van der Waals surface area contributed by atoms with Crippen LogP contribution in [0.3, 0.4) is 0 Å². The van der Waals surface area contributed by atoms with Crippen LogP contribution in [0.1, 0.15) is 46.0 Å². The SMILES string of the molecule is CCC(C)(CN)NS(=O)(=O)C1CCCC1. The number of hydrogen-bond acceptors (Lipinski definition) is 3. The van der Waals surface area contributed by atoms with E-state index >= 15 is 0 Å². The molecular weight excluding hydrogens is 212 g/mol. The van der Waals surface area contributed by atoms with E-state index in [2.05, 4.69) is 4.72 Å². The first-order chi connectivity index (χ1) is 6.93. The fourth-order valence-corrected chi connectivity index (χ4v) is 3.92. The highest BCUT2D eigenvalue weighted by atomic mass is 32.2. The molecule has 1 saturated carbocycles. The molecule has 1 atom stereocenters. The Morgan fingerprint density at radius 2 is 1.93 bits per heavy atom. The fraction of sp³-hybridized carbons (Fsp3) is 1.00. The summed E-state index contributed by atoms with van der Waals surface area (Å²) in [5.41, 5.74) is 5.11. The van der Waals surface area contributed by atoms with Crippen LogP contribution in [-0.2, 0) is 10.0 Å². The predicted molar refractivity (Wildman–Crippen MR) is 62.1 cm³/mol. The summed E-state index contributed by atoms with van der Waals surface area (Å²) >= 11 is 0. The van der Waals surface area contributed by atoms with E-state index in [4.69, 9.17) is 5.73 Å². The first-order valence-corrected chi connectivity index (χ1v) is 7.21. The Hall–Kier alpha value is -0.130.